The number of hydrogen-bond donors (Lipinski definition) is 0. The molecule has 0 unspecified atom stereocenters. The molecule has 0 radical (unpaired) electrons. The van der Waals surface area contributed by atoms with Crippen molar-refractivity contribution in [1.29, 1.82) is 0 Å². The third-order valence-corrected chi connectivity index (χ3v) is 5.96. The lowest BCUT2D eigenvalue weighted by molar-refractivity contribution is 0.306. The van der Waals surface area contributed by atoms with Gasteiger partial charge in [-0.15, -0.1) is 10.2 Å². The van der Waals surface area contributed by atoms with Crippen LogP contribution in [0.25, 0.3) is 11.4 Å². The Hall–Kier alpha value is -3.25. The molecule has 1 aromatic heterocycles. The highest BCUT2D eigenvalue weighted by Gasteiger charge is 2.16. The van der Waals surface area contributed by atoms with E-state index in [9.17, 15) is 0 Å². The number of methoxy groups -OCH3 is 1. The number of thioether (sulfide) groups is 1. The summed E-state index contributed by atoms with van der Waals surface area (Å²) in [6.45, 7) is 3.46. The molecule has 4 rings (SSSR count). The van der Waals surface area contributed by atoms with Crippen LogP contribution in [-0.2, 0) is 18.9 Å². The van der Waals surface area contributed by atoms with Gasteiger partial charge >= 0.3 is 0 Å². The van der Waals surface area contributed by atoms with Crippen molar-refractivity contribution in [3.8, 4) is 22.9 Å². The van der Waals surface area contributed by atoms with Gasteiger partial charge in [-0.3, -0.25) is 0 Å². The summed E-state index contributed by atoms with van der Waals surface area (Å²) in [5.74, 6) is 3.30. The molecule has 4 aromatic rings. The lowest BCUT2D eigenvalue weighted by Crippen LogP contribution is -2.01. The van der Waals surface area contributed by atoms with Crippen molar-refractivity contribution in [3.63, 3.8) is 0 Å². The molecule has 3 aromatic carbocycles. The van der Waals surface area contributed by atoms with Crippen molar-refractivity contribution in [2.24, 2.45) is 0 Å². The van der Waals surface area contributed by atoms with Gasteiger partial charge in [0.25, 0.3) is 0 Å². The Morgan fingerprint density at radius 3 is 2.32 bits per heavy atom. The van der Waals surface area contributed by atoms with Crippen LogP contribution in [0, 0.1) is 0 Å². The fourth-order valence-corrected chi connectivity index (χ4v) is 4.24. The molecule has 0 spiro atoms. The predicted octanol–water partition coefficient (Wildman–Crippen LogP) is 5.84. The van der Waals surface area contributed by atoms with Gasteiger partial charge in [-0.05, 0) is 42.3 Å². The smallest absolute Gasteiger partial charge is 0.191 e. The second-order valence-electron chi connectivity index (χ2n) is 6.96. The van der Waals surface area contributed by atoms with Crippen molar-refractivity contribution in [3.05, 3.63) is 90.0 Å². The summed E-state index contributed by atoms with van der Waals surface area (Å²) in [5.41, 5.74) is 3.32. The standard InChI is InChI=1S/C25H25N3O2S/c1-3-28-24(22-11-7-8-12-23(22)29-2)26-27-25(28)31-18-20-13-15-21(16-14-20)30-17-19-9-5-4-6-10-19/h4-16H,3,17-18H2,1-2H3. The van der Waals surface area contributed by atoms with E-state index in [0.29, 0.717) is 6.61 Å². The van der Waals surface area contributed by atoms with E-state index in [0.717, 1.165) is 45.9 Å². The van der Waals surface area contributed by atoms with Crippen LogP contribution in [0.1, 0.15) is 18.1 Å². The minimum absolute atomic E-state index is 0.570. The predicted molar refractivity (Wildman–Crippen MR) is 124 cm³/mol. The highest BCUT2D eigenvalue weighted by Crippen LogP contribution is 2.31. The Kier molecular flexibility index (Phi) is 6.89. The van der Waals surface area contributed by atoms with Gasteiger partial charge in [0.1, 0.15) is 18.1 Å². The minimum Gasteiger partial charge on any atom is -0.496 e. The highest BCUT2D eigenvalue weighted by molar-refractivity contribution is 7.98. The molecule has 1 heterocycles. The number of aromatic nitrogens is 3. The van der Waals surface area contributed by atoms with E-state index in [1.807, 2.05) is 54.6 Å². The van der Waals surface area contributed by atoms with Crippen molar-refractivity contribution in [2.45, 2.75) is 31.0 Å². The fraction of sp³-hybridized carbons (Fsp3) is 0.200. The average Bonchev–Trinajstić information content (AvgIpc) is 3.25. The Balaban J connectivity index is 1.41. The molecule has 0 amide bonds. The largest absolute Gasteiger partial charge is 0.496 e. The lowest BCUT2D eigenvalue weighted by atomic mass is 10.2. The summed E-state index contributed by atoms with van der Waals surface area (Å²) in [6, 6.07) is 26.3. The molecule has 6 heteroatoms. The maximum atomic E-state index is 5.88. The van der Waals surface area contributed by atoms with Gasteiger partial charge in [0, 0.05) is 12.3 Å². The molecule has 0 saturated heterocycles. The summed E-state index contributed by atoms with van der Waals surface area (Å²) in [7, 11) is 1.67. The van der Waals surface area contributed by atoms with Gasteiger partial charge < -0.3 is 14.0 Å². The van der Waals surface area contributed by atoms with Crippen LogP contribution in [0.15, 0.2) is 84.0 Å². The van der Waals surface area contributed by atoms with Crippen LogP contribution in [0.2, 0.25) is 0 Å². The maximum Gasteiger partial charge on any atom is 0.191 e. The van der Waals surface area contributed by atoms with Gasteiger partial charge in [-0.2, -0.15) is 0 Å². The first-order chi connectivity index (χ1) is 15.3. The molecule has 0 saturated carbocycles. The monoisotopic (exact) mass is 431 g/mol. The number of nitrogens with zero attached hydrogens (tertiary/aromatic N) is 3. The van der Waals surface area contributed by atoms with E-state index in [-0.39, 0.29) is 0 Å². The van der Waals surface area contributed by atoms with Crippen molar-refractivity contribution in [1.82, 2.24) is 14.8 Å². The van der Waals surface area contributed by atoms with Gasteiger partial charge in [0.2, 0.25) is 0 Å². The lowest BCUT2D eigenvalue weighted by Gasteiger charge is -2.10. The normalized spacial score (nSPS) is 10.8. The zero-order valence-corrected chi connectivity index (χ0v) is 18.5. The van der Waals surface area contributed by atoms with Gasteiger partial charge in [0.15, 0.2) is 11.0 Å². The van der Waals surface area contributed by atoms with Gasteiger partial charge in [-0.1, -0.05) is 66.4 Å². The number of hydrogen-bond acceptors (Lipinski definition) is 5. The quantitative estimate of drug-likeness (QED) is 0.311. The van der Waals surface area contributed by atoms with Crippen LogP contribution in [0.5, 0.6) is 11.5 Å². The van der Waals surface area contributed by atoms with E-state index in [2.05, 4.69) is 46.0 Å². The Labute approximate surface area is 187 Å². The highest BCUT2D eigenvalue weighted by atomic mass is 32.2. The Morgan fingerprint density at radius 2 is 1.58 bits per heavy atom. The SMILES string of the molecule is CCn1c(SCc2ccc(OCc3ccccc3)cc2)nnc1-c1ccccc1OC. The van der Waals surface area contributed by atoms with Gasteiger partial charge in [-0.25, -0.2) is 0 Å². The number of para-hydroxylation sites is 1. The summed E-state index contributed by atoms with van der Waals surface area (Å²) < 4.78 is 13.5. The zero-order valence-electron chi connectivity index (χ0n) is 17.7. The molecule has 0 atom stereocenters. The third kappa shape index (κ3) is 5.09. The zero-order chi connectivity index (χ0) is 21.5. The average molecular weight is 432 g/mol. The van der Waals surface area contributed by atoms with Crippen molar-refractivity contribution in [2.75, 3.05) is 7.11 Å². The van der Waals surface area contributed by atoms with Crippen molar-refractivity contribution < 1.29 is 9.47 Å². The van der Waals surface area contributed by atoms with E-state index in [4.69, 9.17) is 9.47 Å². The second-order valence-corrected chi connectivity index (χ2v) is 7.90. The molecule has 0 bridgehead atoms. The van der Waals surface area contributed by atoms with E-state index in [1.54, 1.807) is 18.9 Å². The first-order valence-electron chi connectivity index (χ1n) is 10.2. The molecular weight excluding hydrogens is 406 g/mol. The summed E-state index contributed by atoms with van der Waals surface area (Å²) >= 11 is 1.68. The fourth-order valence-electron chi connectivity index (χ4n) is 3.28. The van der Waals surface area contributed by atoms with Crippen molar-refractivity contribution >= 4 is 11.8 Å². The topological polar surface area (TPSA) is 49.2 Å². The molecule has 0 aliphatic heterocycles. The van der Waals surface area contributed by atoms with E-state index < -0.39 is 0 Å². The second kappa shape index (κ2) is 10.2. The van der Waals surface area contributed by atoms with Crippen LogP contribution in [0.4, 0.5) is 0 Å². The number of benzene rings is 3. The molecule has 5 nitrogen and oxygen atoms in total. The summed E-state index contributed by atoms with van der Waals surface area (Å²) in [5, 5.41) is 9.76. The molecule has 0 aliphatic rings. The van der Waals surface area contributed by atoms with Gasteiger partial charge in [0.05, 0.1) is 12.7 Å². The molecule has 0 aliphatic carbocycles. The Morgan fingerprint density at radius 1 is 0.839 bits per heavy atom. The molecule has 0 fully saturated rings. The first kappa shape index (κ1) is 21.0. The minimum atomic E-state index is 0.570. The third-order valence-electron chi connectivity index (χ3n) is 4.92. The summed E-state index contributed by atoms with van der Waals surface area (Å²) in [6.07, 6.45) is 0. The molecule has 158 valence electrons. The maximum absolute atomic E-state index is 5.88. The van der Waals surface area contributed by atoms with Crippen LogP contribution < -0.4 is 9.47 Å². The van der Waals surface area contributed by atoms with Crippen LogP contribution in [-0.4, -0.2) is 21.9 Å². The van der Waals surface area contributed by atoms with Crippen LogP contribution in [0.3, 0.4) is 0 Å². The molecule has 31 heavy (non-hydrogen) atoms. The summed E-state index contributed by atoms with van der Waals surface area (Å²) in [4.78, 5) is 0. The van der Waals surface area contributed by atoms with E-state index >= 15 is 0 Å². The first-order valence-corrected chi connectivity index (χ1v) is 11.2. The number of rotatable bonds is 9. The Bertz CT molecular complexity index is 1110. The van der Waals surface area contributed by atoms with E-state index in [1.165, 1.54) is 5.56 Å². The van der Waals surface area contributed by atoms with Crippen LogP contribution >= 0.6 is 11.8 Å². The molecular formula is C25H25N3O2S. The molecule has 0 N–H and O–H groups in total. The number of ether oxygens (including phenoxy) is 2.